The van der Waals surface area contributed by atoms with E-state index in [0.29, 0.717) is 11.3 Å². The summed E-state index contributed by atoms with van der Waals surface area (Å²) in [6.07, 6.45) is 2.41. The summed E-state index contributed by atoms with van der Waals surface area (Å²) in [6.45, 7) is -0.203. The minimum Gasteiger partial charge on any atom is -0.485 e. The lowest BCUT2D eigenvalue weighted by Gasteiger charge is -2.12. The third-order valence-corrected chi connectivity index (χ3v) is 2.96. The summed E-state index contributed by atoms with van der Waals surface area (Å²) < 4.78 is 15.4. The second kappa shape index (κ2) is 8.50. The van der Waals surface area contributed by atoms with E-state index in [1.807, 2.05) is 6.07 Å². The molecule has 0 aliphatic carbocycles. The number of esters is 1. The Morgan fingerprint density at radius 1 is 1.38 bits per heavy atom. The van der Waals surface area contributed by atoms with Crippen molar-refractivity contribution in [1.29, 1.82) is 5.26 Å². The molecule has 0 saturated carbocycles. The van der Waals surface area contributed by atoms with Crippen LogP contribution in [0.3, 0.4) is 0 Å². The number of hydrogen-bond donors (Lipinski definition) is 0. The first kappa shape index (κ1) is 17.2. The predicted molar refractivity (Wildman–Crippen MR) is 85.1 cm³/mol. The van der Waals surface area contributed by atoms with Crippen molar-refractivity contribution in [2.24, 2.45) is 0 Å². The molecule has 0 atom stereocenters. The maximum absolute atomic E-state index is 12.0. The zero-order valence-corrected chi connectivity index (χ0v) is 13.4. The molecule has 0 fully saturated rings. The number of carbonyl (C=O) groups excluding carboxylic acids is 1. The van der Waals surface area contributed by atoms with Gasteiger partial charge in [-0.15, -0.1) is 0 Å². The third kappa shape index (κ3) is 4.44. The van der Waals surface area contributed by atoms with Gasteiger partial charge in [0.05, 0.1) is 13.4 Å². The second-order valence-electron chi connectivity index (χ2n) is 4.27. The molecule has 1 heterocycles. The van der Waals surface area contributed by atoms with E-state index in [-0.39, 0.29) is 23.2 Å². The van der Waals surface area contributed by atoms with Gasteiger partial charge in [-0.05, 0) is 6.07 Å². The van der Waals surface area contributed by atoms with Gasteiger partial charge < -0.3 is 14.2 Å². The third-order valence-electron chi connectivity index (χ3n) is 2.75. The summed E-state index contributed by atoms with van der Waals surface area (Å²) in [4.78, 5) is 19.7. The van der Waals surface area contributed by atoms with Crippen LogP contribution in [0, 0.1) is 11.3 Å². The first-order valence-corrected chi connectivity index (χ1v) is 7.05. The summed E-state index contributed by atoms with van der Waals surface area (Å²) in [5, 5.41) is 8.77. The number of benzene rings is 1. The van der Waals surface area contributed by atoms with Crippen molar-refractivity contribution >= 4 is 23.1 Å². The van der Waals surface area contributed by atoms with Crippen LogP contribution in [0.5, 0.6) is 11.6 Å². The van der Waals surface area contributed by atoms with Crippen LogP contribution in [0.2, 0.25) is 5.15 Å². The fourth-order valence-corrected chi connectivity index (χ4v) is 1.89. The van der Waals surface area contributed by atoms with Crippen molar-refractivity contribution in [2.45, 2.75) is 0 Å². The molecule has 1 aromatic carbocycles. The van der Waals surface area contributed by atoms with E-state index in [9.17, 15) is 4.79 Å². The van der Waals surface area contributed by atoms with Gasteiger partial charge in [0.2, 0.25) is 5.88 Å². The normalized spacial score (nSPS) is 10.6. The van der Waals surface area contributed by atoms with Crippen LogP contribution in [0.25, 0.3) is 5.57 Å². The van der Waals surface area contributed by atoms with Crippen molar-refractivity contribution in [3.05, 3.63) is 53.6 Å². The molecule has 7 nitrogen and oxygen atoms in total. The molecular weight excluding hydrogens is 334 g/mol. The fourth-order valence-electron chi connectivity index (χ4n) is 1.76. The van der Waals surface area contributed by atoms with E-state index in [2.05, 4.69) is 9.97 Å². The van der Waals surface area contributed by atoms with E-state index < -0.39 is 5.97 Å². The maximum Gasteiger partial charge on any atom is 0.341 e. The Hall–Kier alpha value is -3.11. The molecule has 8 heteroatoms. The lowest BCUT2D eigenvalue weighted by atomic mass is 10.1. The largest absolute Gasteiger partial charge is 0.485 e. The highest BCUT2D eigenvalue weighted by atomic mass is 35.5. The summed E-state index contributed by atoms with van der Waals surface area (Å²) in [5.74, 6) is -0.0845. The monoisotopic (exact) mass is 345 g/mol. The molecule has 0 amide bonds. The van der Waals surface area contributed by atoms with Crippen LogP contribution in [0.15, 0.2) is 42.9 Å². The van der Waals surface area contributed by atoms with Crippen molar-refractivity contribution in [3.8, 4) is 17.7 Å². The SMILES string of the molecule is COC(=O)/C(=C/OCC#N)c1ccccc1Oc1cc(Cl)ncn1. The molecule has 0 aliphatic heterocycles. The number of aromatic nitrogens is 2. The Morgan fingerprint density at radius 2 is 2.17 bits per heavy atom. The Morgan fingerprint density at radius 3 is 2.88 bits per heavy atom. The number of methoxy groups -OCH3 is 1. The van der Waals surface area contributed by atoms with Crippen molar-refractivity contribution < 1.29 is 19.0 Å². The average Bonchev–Trinajstić information content (AvgIpc) is 2.59. The fraction of sp³-hybridized carbons (Fsp3) is 0.125. The van der Waals surface area contributed by atoms with Crippen molar-refractivity contribution in [1.82, 2.24) is 9.97 Å². The van der Waals surface area contributed by atoms with Gasteiger partial charge in [0, 0.05) is 11.6 Å². The number of para-hydroxylation sites is 1. The molecular formula is C16H12ClN3O4. The number of halogens is 1. The van der Waals surface area contributed by atoms with Gasteiger partial charge >= 0.3 is 5.97 Å². The number of hydrogen-bond acceptors (Lipinski definition) is 7. The lowest BCUT2D eigenvalue weighted by Crippen LogP contribution is -2.06. The summed E-state index contributed by atoms with van der Waals surface area (Å²) in [7, 11) is 1.24. The molecule has 0 unspecified atom stereocenters. The minimum atomic E-state index is -0.635. The van der Waals surface area contributed by atoms with Gasteiger partial charge in [-0.3, -0.25) is 0 Å². The molecule has 122 valence electrons. The van der Waals surface area contributed by atoms with Gasteiger partial charge in [0.25, 0.3) is 0 Å². The van der Waals surface area contributed by atoms with Gasteiger partial charge in [-0.1, -0.05) is 29.8 Å². The van der Waals surface area contributed by atoms with Gasteiger partial charge in [0.1, 0.15) is 28.9 Å². The van der Waals surface area contributed by atoms with Crippen LogP contribution in [0.1, 0.15) is 5.56 Å². The second-order valence-corrected chi connectivity index (χ2v) is 4.66. The number of nitrogens with zero attached hydrogens (tertiary/aromatic N) is 3. The molecule has 0 bridgehead atoms. The Balaban J connectivity index is 2.39. The van der Waals surface area contributed by atoms with Crippen LogP contribution in [0.4, 0.5) is 0 Å². The molecule has 2 aromatic rings. The molecule has 24 heavy (non-hydrogen) atoms. The van der Waals surface area contributed by atoms with Gasteiger partial charge in [-0.25, -0.2) is 14.8 Å². The highest BCUT2D eigenvalue weighted by Crippen LogP contribution is 2.30. The smallest absolute Gasteiger partial charge is 0.341 e. The van der Waals surface area contributed by atoms with Gasteiger partial charge in [0.15, 0.2) is 6.61 Å². The summed E-state index contributed by atoms with van der Waals surface area (Å²) >= 11 is 5.80. The molecule has 0 saturated heterocycles. The standard InChI is InChI=1S/C16H12ClN3O4/c1-22-16(21)12(9-23-7-6-18)11-4-2-3-5-13(11)24-15-8-14(17)19-10-20-15/h2-5,8-10H,7H2,1H3/b12-9+. The molecule has 2 rings (SSSR count). The van der Waals surface area contributed by atoms with Crippen LogP contribution in [-0.4, -0.2) is 29.7 Å². The Labute approximate surface area is 143 Å². The average molecular weight is 346 g/mol. The molecule has 0 radical (unpaired) electrons. The van der Waals surface area contributed by atoms with Gasteiger partial charge in [-0.2, -0.15) is 5.26 Å². The zero-order valence-electron chi connectivity index (χ0n) is 12.6. The maximum atomic E-state index is 12.0. The first-order valence-electron chi connectivity index (χ1n) is 6.67. The lowest BCUT2D eigenvalue weighted by molar-refractivity contribution is -0.133. The van der Waals surface area contributed by atoms with E-state index in [0.717, 1.165) is 6.26 Å². The minimum absolute atomic E-state index is 0.100. The number of ether oxygens (including phenoxy) is 3. The quantitative estimate of drug-likeness (QED) is 0.261. The number of nitriles is 1. The van der Waals surface area contributed by atoms with E-state index in [1.54, 1.807) is 24.3 Å². The van der Waals surface area contributed by atoms with Crippen molar-refractivity contribution in [3.63, 3.8) is 0 Å². The highest BCUT2D eigenvalue weighted by molar-refractivity contribution is 6.29. The summed E-state index contributed by atoms with van der Waals surface area (Å²) in [5.41, 5.74) is 0.514. The molecule has 0 spiro atoms. The number of rotatable bonds is 6. The van der Waals surface area contributed by atoms with E-state index >= 15 is 0 Å². The highest BCUT2D eigenvalue weighted by Gasteiger charge is 2.18. The molecule has 0 N–H and O–H groups in total. The van der Waals surface area contributed by atoms with E-state index in [1.165, 1.54) is 19.5 Å². The van der Waals surface area contributed by atoms with E-state index in [4.69, 9.17) is 31.1 Å². The Kier molecular flexibility index (Phi) is 6.11. The van der Waals surface area contributed by atoms with Crippen LogP contribution in [-0.2, 0) is 14.3 Å². The summed E-state index contributed by atoms with van der Waals surface area (Å²) in [6, 6.07) is 9.99. The number of carbonyl (C=O) groups is 1. The first-order chi connectivity index (χ1) is 11.7. The van der Waals surface area contributed by atoms with Crippen LogP contribution >= 0.6 is 11.6 Å². The zero-order chi connectivity index (χ0) is 17.4. The topological polar surface area (TPSA) is 94.3 Å². The van der Waals surface area contributed by atoms with Crippen molar-refractivity contribution in [2.75, 3.05) is 13.7 Å². The van der Waals surface area contributed by atoms with Crippen LogP contribution < -0.4 is 4.74 Å². The Bertz CT molecular complexity index is 802. The molecule has 0 aliphatic rings. The molecule has 1 aromatic heterocycles. The predicted octanol–water partition coefficient (Wildman–Crippen LogP) is 2.98.